The van der Waals surface area contributed by atoms with Crippen LogP contribution < -0.4 is 19.3 Å². The van der Waals surface area contributed by atoms with Crippen LogP contribution in [-0.4, -0.2) is 18.7 Å². The van der Waals surface area contributed by atoms with Crippen molar-refractivity contribution in [2.45, 2.75) is 0 Å². The zero-order valence-corrected chi connectivity index (χ0v) is 29.8. The van der Waals surface area contributed by atoms with Gasteiger partial charge in [-0.05, 0) is 106 Å². The molecule has 0 amide bonds. The SMILES string of the molecule is CN1CN(c2cccc(Oc3cccc(-c4cc(-c5cccc(Oc6ccccc6)c5)ccn4)c3)c2)c2cc(-c3ccccc3)c(-c3ccccc3)cc21. The number of ether oxygens (including phenoxy) is 2. The second kappa shape index (κ2) is 14.5. The van der Waals surface area contributed by atoms with E-state index in [1.165, 1.54) is 33.6 Å². The number of nitrogens with zero attached hydrogens (tertiary/aromatic N) is 3. The molecule has 0 atom stereocenters. The number of hydrogen-bond donors (Lipinski definition) is 0. The van der Waals surface area contributed by atoms with Gasteiger partial charge >= 0.3 is 0 Å². The summed E-state index contributed by atoms with van der Waals surface area (Å²) in [6, 6.07) is 64.5. The quantitative estimate of drug-likeness (QED) is 0.150. The fraction of sp³-hybridized carbons (Fsp3) is 0.0408. The molecule has 0 saturated heterocycles. The van der Waals surface area contributed by atoms with Gasteiger partial charge in [0.05, 0.1) is 23.7 Å². The van der Waals surface area contributed by atoms with E-state index in [1.807, 2.05) is 79.0 Å². The minimum absolute atomic E-state index is 0.726. The molecule has 2 heterocycles. The van der Waals surface area contributed by atoms with Gasteiger partial charge in [0.25, 0.3) is 0 Å². The van der Waals surface area contributed by atoms with Crippen molar-refractivity contribution in [2.75, 3.05) is 23.5 Å². The lowest BCUT2D eigenvalue weighted by atomic mass is 9.93. The summed E-state index contributed by atoms with van der Waals surface area (Å²) in [6.45, 7) is 0.726. The van der Waals surface area contributed by atoms with Crippen molar-refractivity contribution >= 4 is 17.1 Å². The molecule has 1 aromatic heterocycles. The molecule has 9 rings (SSSR count). The van der Waals surface area contributed by atoms with Gasteiger partial charge in [0, 0.05) is 30.6 Å². The molecular formula is C49H37N3O2. The topological polar surface area (TPSA) is 37.8 Å². The van der Waals surface area contributed by atoms with E-state index >= 15 is 0 Å². The first-order valence-corrected chi connectivity index (χ1v) is 18.1. The number of anilines is 3. The van der Waals surface area contributed by atoms with Crippen molar-refractivity contribution < 1.29 is 9.47 Å². The second-order valence-corrected chi connectivity index (χ2v) is 13.4. The van der Waals surface area contributed by atoms with Crippen LogP contribution in [0.4, 0.5) is 17.1 Å². The smallest absolute Gasteiger partial charge is 0.129 e. The molecule has 0 unspecified atom stereocenters. The standard InChI is InChI=1S/C49H37N3O2/c1-51-34-52(49-33-46(36-16-7-3-8-17-36)45(32-48(49)51)35-14-5-2-6-15-35)40-20-13-25-44(31-40)54-43-24-12-19-39(29-43)47-30-38(26-27-50-47)37-18-11-23-42(28-37)53-41-21-9-4-10-22-41/h2-33H,34H2,1H3. The number of fused-ring (bicyclic) bond motifs is 1. The highest BCUT2D eigenvalue weighted by Gasteiger charge is 2.27. The Labute approximate surface area is 316 Å². The first-order chi connectivity index (χ1) is 26.6. The third-order valence-electron chi connectivity index (χ3n) is 9.74. The average molecular weight is 700 g/mol. The molecule has 54 heavy (non-hydrogen) atoms. The molecule has 260 valence electrons. The summed E-state index contributed by atoms with van der Waals surface area (Å²) in [7, 11) is 2.15. The molecule has 5 nitrogen and oxygen atoms in total. The molecule has 0 bridgehead atoms. The van der Waals surface area contributed by atoms with E-state index in [2.05, 4.69) is 132 Å². The van der Waals surface area contributed by atoms with Crippen molar-refractivity contribution in [2.24, 2.45) is 0 Å². The normalized spacial score (nSPS) is 12.0. The van der Waals surface area contributed by atoms with E-state index in [1.54, 1.807) is 0 Å². The zero-order chi connectivity index (χ0) is 36.3. The Balaban J connectivity index is 0.982. The monoisotopic (exact) mass is 699 g/mol. The Bertz CT molecular complexity index is 2560. The van der Waals surface area contributed by atoms with Gasteiger partial charge in [-0.3, -0.25) is 4.98 Å². The maximum Gasteiger partial charge on any atom is 0.129 e. The van der Waals surface area contributed by atoms with Gasteiger partial charge in [-0.15, -0.1) is 0 Å². The van der Waals surface area contributed by atoms with Crippen LogP contribution in [0.2, 0.25) is 0 Å². The molecule has 0 spiro atoms. The molecule has 1 aliphatic heterocycles. The van der Waals surface area contributed by atoms with E-state index in [0.717, 1.165) is 57.7 Å². The maximum atomic E-state index is 6.53. The predicted octanol–water partition coefficient (Wildman–Crippen LogP) is 12.9. The van der Waals surface area contributed by atoms with Crippen LogP contribution in [0.3, 0.4) is 0 Å². The Morgan fingerprint density at radius 1 is 0.426 bits per heavy atom. The fourth-order valence-corrected chi connectivity index (χ4v) is 7.10. The number of aromatic nitrogens is 1. The van der Waals surface area contributed by atoms with E-state index in [-0.39, 0.29) is 0 Å². The summed E-state index contributed by atoms with van der Waals surface area (Å²) >= 11 is 0. The second-order valence-electron chi connectivity index (χ2n) is 13.4. The summed E-state index contributed by atoms with van der Waals surface area (Å²) < 4.78 is 12.6. The van der Waals surface area contributed by atoms with Crippen LogP contribution in [0.5, 0.6) is 23.0 Å². The van der Waals surface area contributed by atoms with Gasteiger partial charge < -0.3 is 19.3 Å². The molecule has 1 aliphatic rings. The summed E-state index contributed by atoms with van der Waals surface area (Å²) in [4.78, 5) is 9.39. The number of hydrogen-bond acceptors (Lipinski definition) is 5. The van der Waals surface area contributed by atoms with Crippen molar-refractivity contribution in [3.63, 3.8) is 0 Å². The molecule has 0 aliphatic carbocycles. The molecule has 0 saturated carbocycles. The molecule has 0 radical (unpaired) electrons. The molecule has 8 aromatic rings. The number of pyridine rings is 1. The van der Waals surface area contributed by atoms with Crippen LogP contribution in [-0.2, 0) is 0 Å². The van der Waals surface area contributed by atoms with E-state index in [9.17, 15) is 0 Å². The van der Waals surface area contributed by atoms with Gasteiger partial charge in [-0.25, -0.2) is 0 Å². The Kier molecular flexibility index (Phi) is 8.79. The van der Waals surface area contributed by atoms with Crippen molar-refractivity contribution in [1.29, 1.82) is 0 Å². The van der Waals surface area contributed by atoms with Gasteiger partial charge in [-0.1, -0.05) is 109 Å². The van der Waals surface area contributed by atoms with E-state index < -0.39 is 0 Å². The third kappa shape index (κ3) is 6.79. The maximum absolute atomic E-state index is 6.53. The lowest BCUT2D eigenvalue weighted by Gasteiger charge is -2.21. The highest BCUT2D eigenvalue weighted by Crippen LogP contribution is 2.47. The lowest BCUT2D eigenvalue weighted by Crippen LogP contribution is -2.23. The van der Waals surface area contributed by atoms with Gasteiger partial charge in [0.1, 0.15) is 23.0 Å². The fourth-order valence-electron chi connectivity index (χ4n) is 7.10. The van der Waals surface area contributed by atoms with E-state index in [4.69, 9.17) is 14.5 Å². The predicted molar refractivity (Wildman–Crippen MR) is 221 cm³/mol. The molecule has 0 fully saturated rings. The number of rotatable bonds is 9. The summed E-state index contributed by atoms with van der Waals surface area (Å²) in [5.74, 6) is 3.10. The zero-order valence-electron chi connectivity index (χ0n) is 29.8. The summed E-state index contributed by atoms with van der Waals surface area (Å²) in [5.41, 5.74) is 12.2. The van der Waals surface area contributed by atoms with E-state index in [0.29, 0.717) is 0 Å². The summed E-state index contributed by atoms with van der Waals surface area (Å²) in [6.07, 6.45) is 1.85. The number of para-hydroxylation sites is 1. The van der Waals surface area contributed by atoms with Crippen LogP contribution in [0.1, 0.15) is 0 Å². The molecule has 5 heteroatoms. The van der Waals surface area contributed by atoms with Crippen LogP contribution in [0, 0.1) is 0 Å². The van der Waals surface area contributed by atoms with Crippen molar-refractivity contribution in [3.8, 4) is 67.6 Å². The van der Waals surface area contributed by atoms with Crippen LogP contribution in [0.15, 0.2) is 194 Å². The van der Waals surface area contributed by atoms with Crippen molar-refractivity contribution in [3.05, 3.63) is 194 Å². The minimum atomic E-state index is 0.726. The van der Waals surface area contributed by atoms with Gasteiger partial charge in [-0.2, -0.15) is 0 Å². The Hall–Kier alpha value is -7.11. The highest BCUT2D eigenvalue weighted by molar-refractivity contribution is 5.95. The largest absolute Gasteiger partial charge is 0.457 e. The Morgan fingerprint density at radius 3 is 1.61 bits per heavy atom. The molecular weight excluding hydrogens is 663 g/mol. The average Bonchev–Trinajstić information content (AvgIpc) is 3.56. The van der Waals surface area contributed by atoms with Crippen LogP contribution in [0.25, 0.3) is 44.6 Å². The molecule has 0 N–H and O–H groups in total. The first-order valence-electron chi connectivity index (χ1n) is 18.1. The van der Waals surface area contributed by atoms with Crippen molar-refractivity contribution in [1.82, 2.24) is 4.98 Å². The van der Waals surface area contributed by atoms with Gasteiger partial charge in [0.2, 0.25) is 0 Å². The summed E-state index contributed by atoms with van der Waals surface area (Å²) in [5, 5.41) is 0. The Morgan fingerprint density at radius 2 is 0.926 bits per heavy atom. The van der Waals surface area contributed by atoms with Gasteiger partial charge in [0.15, 0.2) is 0 Å². The third-order valence-corrected chi connectivity index (χ3v) is 9.74. The number of benzene rings is 7. The molecule has 7 aromatic carbocycles. The first kappa shape index (κ1) is 32.8. The highest BCUT2D eigenvalue weighted by atomic mass is 16.5. The minimum Gasteiger partial charge on any atom is -0.457 e. The lowest BCUT2D eigenvalue weighted by molar-refractivity contribution is 0.482. The van der Waals surface area contributed by atoms with Crippen LogP contribution >= 0.6 is 0 Å².